The van der Waals surface area contributed by atoms with Crippen molar-refractivity contribution in [2.45, 2.75) is 25.7 Å². The lowest BCUT2D eigenvalue weighted by molar-refractivity contribution is -0.111. The van der Waals surface area contributed by atoms with Crippen molar-refractivity contribution < 1.29 is 28.9 Å². The average Bonchev–Trinajstić information content (AvgIpc) is 3.06. The summed E-state index contributed by atoms with van der Waals surface area (Å²) < 4.78 is 24.2. The van der Waals surface area contributed by atoms with Gasteiger partial charge in [0, 0.05) is 97.8 Å². The van der Waals surface area contributed by atoms with Crippen LogP contribution in [0, 0.1) is 0 Å². The molecule has 0 aliphatic heterocycles. The fourth-order valence-electron chi connectivity index (χ4n) is 2.84. The van der Waals surface area contributed by atoms with Gasteiger partial charge in [0.1, 0.15) is 17.3 Å². The number of thioether (sulfide) groups is 12. The van der Waals surface area contributed by atoms with E-state index in [1.165, 1.54) is 47.0 Å². The van der Waals surface area contributed by atoms with Crippen molar-refractivity contribution in [1.82, 2.24) is 0 Å². The standard InChI is InChI=1S/C27H52O6S14/c28-19-34-9-11-41-24-45-27(31)4-8-39-21-36-5-1-16-46(32)18-15-42-23-40-13-14-44-26(30)3-7-38-22-37-6-2-17-47(33)25-43-12-10-35-20-29/h28-29H,1-25H2. The first-order valence-electron chi connectivity index (χ1n) is 15.0. The summed E-state index contributed by atoms with van der Waals surface area (Å²) in [5.74, 6) is 12.8. The zero-order valence-corrected chi connectivity index (χ0v) is 38.4. The van der Waals surface area contributed by atoms with Crippen molar-refractivity contribution in [3.63, 3.8) is 0 Å². The maximum absolute atomic E-state index is 12.2. The first kappa shape index (κ1) is 51.1. The average molecular weight is 922 g/mol. The van der Waals surface area contributed by atoms with E-state index in [4.69, 9.17) is 10.2 Å². The summed E-state index contributed by atoms with van der Waals surface area (Å²) in [6.07, 6.45) is 3.16. The van der Waals surface area contributed by atoms with Crippen LogP contribution in [0.3, 0.4) is 0 Å². The molecule has 280 valence electrons. The van der Waals surface area contributed by atoms with Gasteiger partial charge in [-0.3, -0.25) is 9.59 Å². The molecule has 2 atom stereocenters. The van der Waals surface area contributed by atoms with Gasteiger partial charge in [0.25, 0.3) is 0 Å². The first-order chi connectivity index (χ1) is 23.0. The van der Waals surface area contributed by atoms with Gasteiger partial charge in [-0.2, -0.15) is 58.8 Å². The lowest BCUT2D eigenvalue weighted by Gasteiger charge is -2.10. The predicted octanol–water partition coefficient (Wildman–Crippen LogP) is 7.58. The van der Waals surface area contributed by atoms with Gasteiger partial charge in [-0.1, -0.05) is 34.7 Å². The van der Waals surface area contributed by atoms with Gasteiger partial charge in [0.2, 0.25) is 0 Å². The summed E-state index contributed by atoms with van der Waals surface area (Å²) in [5.41, 5.74) is 0. The van der Waals surface area contributed by atoms with E-state index >= 15 is 0 Å². The second kappa shape index (κ2) is 42.8. The second-order valence-electron chi connectivity index (χ2n) is 8.87. The summed E-state index contributed by atoms with van der Waals surface area (Å²) in [7, 11) is 0. The second-order valence-corrected chi connectivity index (χ2v) is 27.1. The Morgan fingerprint density at radius 2 is 0.894 bits per heavy atom. The summed E-state index contributed by atoms with van der Waals surface area (Å²) in [6, 6.07) is 0. The molecule has 6 nitrogen and oxygen atoms in total. The number of carbonyl (C=O) groups excluding carboxylic acids is 2. The highest BCUT2D eigenvalue weighted by Crippen LogP contribution is 2.21. The Bertz CT molecular complexity index is 692. The van der Waals surface area contributed by atoms with Gasteiger partial charge in [-0.25, -0.2) is 0 Å². The van der Waals surface area contributed by atoms with E-state index in [2.05, 4.69) is 0 Å². The lowest BCUT2D eigenvalue weighted by Crippen LogP contribution is -2.13. The Morgan fingerprint density at radius 1 is 0.447 bits per heavy atom. The van der Waals surface area contributed by atoms with E-state index < -0.39 is 22.4 Å². The van der Waals surface area contributed by atoms with Crippen molar-refractivity contribution in [2.75, 3.05) is 118 Å². The zero-order valence-electron chi connectivity index (χ0n) is 26.9. The SMILES string of the molecule is O=C(CCSCSCCC[S+]([O-])CSCCSCO)SCCSCSCC[S+]([O-])CCCSCSCCC(=O)SCSCCSCO. The Hall–Kier alpha value is 4.08. The van der Waals surface area contributed by atoms with Gasteiger partial charge in [0.05, 0.1) is 11.9 Å². The minimum absolute atomic E-state index is 0.155. The van der Waals surface area contributed by atoms with E-state index in [0.29, 0.717) is 17.9 Å². The summed E-state index contributed by atoms with van der Waals surface area (Å²) >= 11 is 18.8. The molecular weight excluding hydrogens is 869 g/mol. The molecule has 0 amide bonds. The maximum atomic E-state index is 12.2. The maximum Gasteiger partial charge on any atom is 0.190 e. The van der Waals surface area contributed by atoms with E-state index in [1.807, 2.05) is 47.0 Å². The van der Waals surface area contributed by atoms with Crippen molar-refractivity contribution in [3.05, 3.63) is 0 Å². The molecule has 2 N–H and O–H groups in total. The molecule has 0 aliphatic carbocycles. The van der Waals surface area contributed by atoms with Crippen LogP contribution in [0.15, 0.2) is 0 Å². The van der Waals surface area contributed by atoms with Crippen molar-refractivity contribution in [1.29, 1.82) is 0 Å². The van der Waals surface area contributed by atoms with Gasteiger partial charge in [0.15, 0.2) is 15.3 Å². The molecule has 0 saturated heterocycles. The number of carbonyl (C=O) groups is 2. The zero-order chi connectivity index (χ0) is 34.5. The van der Waals surface area contributed by atoms with Crippen LogP contribution in [-0.2, 0) is 31.9 Å². The monoisotopic (exact) mass is 920 g/mol. The van der Waals surface area contributed by atoms with Gasteiger partial charge < -0.3 is 19.3 Å². The minimum atomic E-state index is -0.759. The number of hydrogen-bond acceptors (Lipinski definition) is 18. The summed E-state index contributed by atoms with van der Waals surface area (Å²) in [4.78, 5) is 24.0. The van der Waals surface area contributed by atoms with Crippen LogP contribution in [0.5, 0.6) is 0 Å². The van der Waals surface area contributed by atoms with Crippen LogP contribution >= 0.6 is 141 Å². The molecular formula is C27H52O6S14. The highest BCUT2D eigenvalue weighted by Gasteiger charge is 2.08. The predicted molar refractivity (Wildman–Crippen MR) is 243 cm³/mol. The molecule has 0 aromatic rings. The molecule has 0 bridgehead atoms. The Balaban J connectivity index is 3.34. The molecule has 0 saturated carbocycles. The summed E-state index contributed by atoms with van der Waals surface area (Å²) in [5, 5.41) is 22.4. The van der Waals surface area contributed by atoms with Gasteiger partial charge in [-0.05, 0) is 22.7 Å². The van der Waals surface area contributed by atoms with Crippen LogP contribution in [0.2, 0.25) is 0 Å². The molecule has 0 radical (unpaired) electrons. The fourth-order valence-corrected chi connectivity index (χ4v) is 18.1. The van der Waals surface area contributed by atoms with Crippen LogP contribution in [-0.4, -0.2) is 147 Å². The van der Waals surface area contributed by atoms with Crippen LogP contribution in [0.4, 0.5) is 0 Å². The van der Waals surface area contributed by atoms with E-state index in [0.717, 1.165) is 114 Å². The number of rotatable bonds is 38. The Kier molecular flexibility index (Phi) is 46.5. The third kappa shape index (κ3) is 42.7. The fraction of sp³-hybridized carbons (Fsp3) is 0.926. The quantitative estimate of drug-likeness (QED) is 0.0359. The molecule has 0 heterocycles. The Labute approximate surface area is 342 Å². The highest BCUT2D eigenvalue weighted by atomic mass is 32.3. The van der Waals surface area contributed by atoms with Gasteiger partial charge in [-0.15, -0.1) is 58.8 Å². The molecule has 0 aliphatic rings. The van der Waals surface area contributed by atoms with E-state index in [-0.39, 0.29) is 22.1 Å². The van der Waals surface area contributed by atoms with Crippen molar-refractivity contribution in [3.8, 4) is 0 Å². The Morgan fingerprint density at radius 3 is 1.51 bits per heavy atom. The molecule has 0 spiro atoms. The summed E-state index contributed by atoms with van der Waals surface area (Å²) in [6.45, 7) is 0. The van der Waals surface area contributed by atoms with Crippen molar-refractivity contribution in [2.24, 2.45) is 0 Å². The molecule has 47 heavy (non-hydrogen) atoms. The molecule has 0 rings (SSSR count). The molecule has 2 unspecified atom stereocenters. The van der Waals surface area contributed by atoms with E-state index in [1.54, 1.807) is 47.0 Å². The number of aliphatic hydroxyl groups is 2. The molecule has 0 aromatic carbocycles. The van der Waals surface area contributed by atoms with Gasteiger partial charge >= 0.3 is 0 Å². The highest BCUT2D eigenvalue weighted by molar-refractivity contribution is 8.24. The number of aliphatic hydroxyl groups excluding tert-OH is 2. The topological polar surface area (TPSA) is 121 Å². The molecule has 0 aromatic heterocycles. The van der Waals surface area contributed by atoms with Crippen LogP contribution in [0.25, 0.3) is 0 Å². The normalized spacial score (nSPS) is 12.9. The van der Waals surface area contributed by atoms with Crippen LogP contribution in [0.1, 0.15) is 25.7 Å². The number of hydrogen-bond donors (Lipinski definition) is 2. The smallest absolute Gasteiger partial charge is 0.190 e. The van der Waals surface area contributed by atoms with Crippen LogP contribution < -0.4 is 0 Å². The van der Waals surface area contributed by atoms with Crippen molar-refractivity contribution >= 4 is 174 Å². The first-order valence-corrected chi connectivity index (χ1v) is 31.5. The minimum Gasteiger partial charge on any atom is -0.616 e. The third-order valence-corrected chi connectivity index (χ3v) is 22.1. The molecule has 20 heteroatoms. The largest absolute Gasteiger partial charge is 0.616 e. The molecule has 0 fully saturated rings. The third-order valence-electron chi connectivity index (χ3n) is 5.11. The van der Waals surface area contributed by atoms with E-state index in [9.17, 15) is 18.7 Å². The lowest BCUT2D eigenvalue weighted by atomic mass is 10.5.